The SMILES string of the molecule is COCc1ccccc1C=C(CO)C(C)C. The van der Waals surface area contributed by atoms with Crippen molar-refractivity contribution in [3.05, 3.63) is 41.0 Å². The molecule has 0 fully saturated rings. The van der Waals surface area contributed by atoms with Crippen LogP contribution >= 0.6 is 0 Å². The summed E-state index contributed by atoms with van der Waals surface area (Å²) < 4.78 is 5.15. The van der Waals surface area contributed by atoms with Crippen molar-refractivity contribution < 1.29 is 9.84 Å². The molecule has 0 unspecified atom stereocenters. The fraction of sp³-hybridized carbons (Fsp3) is 0.429. The molecule has 0 aliphatic heterocycles. The fourth-order valence-electron chi connectivity index (χ4n) is 1.56. The lowest BCUT2D eigenvalue weighted by molar-refractivity contribution is 0.184. The van der Waals surface area contributed by atoms with E-state index >= 15 is 0 Å². The van der Waals surface area contributed by atoms with Crippen LogP contribution in [0.4, 0.5) is 0 Å². The van der Waals surface area contributed by atoms with Crippen LogP contribution in [0.3, 0.4) is 0 Å². The zero-order valence-electron chi connectivity index (χ0n) is 10.2. The van der Waals surface area contributed by atoms with Gasteiger partial charge in [-0.1, -0.05) is 44.2 Å². The minimum absolute atomic E-state index is 0.110. The van der Waals surface area contributed by atoms with E-state index in [0.717, 1.165) is 16.7 Å². The van der Waals surface area contributed by atoms with Gasteiger partial charge in [-0.3, -0.25) is 0 Å². The number of aliphatic hydroxyl groups is 1. The first kappa shape index (κ1) is 12.9. The van der Waals surface area contributed by atoms with Crippen LogP contribution in [0.15, 0.2) is 29.8 Å². The number of methoxy groups -OCH3 is 1. The van der Waals surface area contributed by atoms with Crippen molar-refractivity contribution in [3.63, 3.8) is 0 Å². The van der Waals surface area contributed by atoms with Gasteiger partial charge in [-0.15, -0.1) is 0 Å². The monoisotopic (exact) mass is 220 g/mol. The summed E-state index contributed by atoms with van der Waals surface area (Å²) in [4.78, 5) is 0. The van der Waals surface area contributed by atoms with Gasteiger partial charge >= 0.3 is 0 Å². The Morgan fingerprint density at radius 3 is 2.62 bits per heavy atom. The predicted octanol–water partition coefficient (Wildman–Crippen LogP) is 2.86. The van der Waals surface area contributed by atoms with Gasteiger partial charge in [0.25, 0.3) is 0 Å². The van der Waals surface area contributed by atoms with Crippen molar-refractivity contribution in [3.8, 4) is 0 Å². The third kappa shape index (κ3) is 3.47. The number of hydrogen-bond donors (Lipinski definition) is 1. The van der Waals surface area contributed by atoms with Crippen molar-refractivity contribution in [2.75, 3.05) is 13.7 Å². The Kier molecular flexibility index (Phi) is 5.23. The van der Waals surface area contributed by atoms with Crippen LogP contribution in [0.1, 0.15) is 25.0 Å². The molecule has 0 bridgehead atoms. The molecule has 1 rings (SSSR count). The Morgan fingerprint density at radius 2 is 2.06 bits per heavy atom. The molecular weight excluding hydrogens is 200 g/mol. The zero-order chi connectivity index (χ0) is 12.0. The first-order valence-electron chi connectivity index (χ1n) is 5.57. The highest BCUT2D eigenvalue weighted by Crippen LogP contribution is 2.18. The number of hydrogen-bond acceptors (Lipinski definition) is 2. The van der Waals surface area contributed by atoms with Crippen LogP contribution in [0.25, 0.3) is 6.08 Å². The topological polar surface area (TPSA) is 29.5 Å². The molecule has 0 saturated carbocycles. The van der Waals surface area contributed by atoms with Crippen LogP contribution in [0.5, 0.6) is 0 Å². The highest BCUT2D eigenvalue weighted by molar-refractivity contribution is 5.57. The molecule has 1 aromatic rings. The molecule has 0 radical (unpaired) electrons. The molecule has 2 nitrogen and oxygen atoms in total. The molecule has 0 aliphatic rings. The van der Waals surface area contributed by atoms with Gasteiger partial charge < -0.3 is 9.84 Å². The second-order valence-corrected chi connectivity index (χ2v) is 4.16. The van der Waals surface area contributed by atoms with Gasteiger partial charge in [0.15, 0.2) is 0 Å². The molecule has 0 amide bonds. The van der Waals surface area contributed by atoms with Gasteiger partial charge in [0, 0.05) is 7.11 Å². The molecule has 0 aromatic heterocycles. The first-order chi connectivity index (χ1) is 7.69. The molecule has 1 aromatic carbocycles. The average Bonchev–Trinajstić information content (AvgIpc) is 2.27. The van der Waals surface area contributed by atoms with E-state index in [1.165, 1.54) is 0 Å². The van der Waals surface area contributed by atoms with Crippen LogP contribution < -0.4 is 0 Å². The van der Waals surface area contributed by atoms with E-state index in [9.17, 15) is 5.11 Å². The fourth-order valence-corrected chi connectivity index (χ4v) is 1.56. The third-order valence-corrected chi connectivity index (χ3v) is 2.62. The standard InChI is InChI=1S/C14H20O2/c1-11(2)14(9-15)8-12-6-4-5-7-13(12)10-16-3/h4-8,11,15H,9-10H2,1-3H3. The maximum Gasteiger partial charge on any atom is 0.0718 e. The van der Waals surface area contributed by atoms with Gasteiger partial charge in [-0.25, -0.2) is 0 Å². The predicted molar refractivity (Wildman–Crippen MR) is 67.1 cm³/mol. The first-order valence-corrected chi connectivity index (χ1v) is 5.57. The molecule has 0 saturated heterocycles. The molecule has 0 aliphatic carbocycles. The van der Waals surface area contributed by atoms with Crippen LogP contribution in [0, 0.1) is 5.92 Å². The van der Waals surface area contributed by atoms with E-state index in [0.29, 0.717) is 12.5 Å². The molecule has 0 spiro atoms. The van der Waals surface area contributed by atoms with E-state index in [-0.39, 0.29) is 6.61 Å². The smallest absolute Gasteiger partial charge is 0.0718 e. The summed E-state index contributed by atoms with van der Waals surface area (Å²) in [7, 11) is 1.69. The largest absolute Gasteiger partial charge is 0.392 e. The second-order valence-electron chi connectivity index (χ2n) is 4.16. The Morgan fingerprint density at radius 1 is 1.38 bits per heavy atom. The Labute approximate surface area is 97.6 Å². The molecule has 0 atom stereocenters. The normalized spacial score (nSPS) is 12.2. The zero-order valence-corrected chi connectivity index (χ0v) is 10.2. The summed E-state index contributed by atoms with van der Waals surface area (Å²) in [6.07, 6.45) is 2.05. The van der Waals surface area contributed by atoms with Crippen molar-refractivity contribution in [2.24, 2.45) is 5.92 Å². The van der Waals surface area contributed by atoms with Gasteiger partial charge in [0.05, 0.1) is 13.2 Å². The van der Waals surface area contributed by atoms with E-state index in [4.69, 9.17) is 4.74 Å². The van der Waals surface area contributed by atoms with Gasteiger partial charge in [-0.05, 0) is 22.6 Å². The van der Waals surface area contributed by atoms with Gasteiger partial charge in [0.1, 0.15) is 0 Å². The van der Waals surface area contributed by atoms with Crippen LogP contribution in [0.2, 0.25) is 0 Å². The highest BCUT2D eigenvalue weighted by Gasteiger charge is 2.04. The minimum Gasteiger partial charge on any atom is -0.392 e. The minimum atomic E-state index is 0.110. The second kappa shape index (κ2) is 6.46. The maximum absolute atomic E-state index is 9.28. The summed E-state index contributed by atoms with van der Waals surface area (Å²) in [5, 5.41) is 9.28. The Balaban J connectivity index is 3.02. The Bertz CT molecular complexity index is 354. The summed E-state index contributed by atoms with van der Waals surface area (Å²) in [6, 6.07) is 8.09. The van der Waals surface area contributed by atoms with E-state index < -0.39 is 0 Å². The summed E-state index contributed by atoms with van der Waals surface area (Å²) in [6.45, 7) is 4.88. The molecule has 88 valence electrons. The number of aliphatic hydroxyl groups excluding tert-OH is 1. The van der Waals surface area contributed by atoms with Crippen molar-refractivity contribution in [1.82, 2.24) is 0 Å². The van der Waals surface area contributed by atoms with E-state index in [1.807, 2.05) is 24.3 Å². The number of benzene rings is 1. The van der Waals surface area contributed by atoms with E-state index in [1.54, 1.807) is 7.11 Å². The highest BCUT2D eigenvalue weighted by atomic mass is 16.5. The lowest BCUT2D eigenvalue weighted by Crippen LogP contribution is -2.00. The van der Waals surface area contributed by atoms with Crippen molar-refractivity contribution in [1.29, 1.82) is 0 Å². The third-order valence-electron chi connectivity index (χ3n) is 2.62. The van der Waals surface area contributed by atoms with Gasteiger partial charge in [0.2, 0.25) is 0 Å². The molecule has 1 N–H and O–H groups in total. The van der Waals surface area contributed by atoms with Crippen molar-refractivity contribution in [2.45, 2.75) is 20.5 Å². The van der Waals surface area contributed by atoms with E-state index in [2.05, 4.69) is 19.9 Å². The number of rotatable bonds is 5. The summed E-state index contributed by atoms with van der Waals surface area (Å²) >= 11 is 0. The molecule has 2 heteroatoms. The number of ether oxygens (including phenoxy) is 1. The quantitative estimate of drug-likeness (QED) is 0.826. The summed E-state index contributed by atoms with van der Waals surface area (Å²) in [5.74, 6) is 0.362. The van der Waals surface area contributed by atoms with Crippen LogP contribution in [-0.2, 0) is 11.3 Å². The average molecular weight is 220 g/mol. The molecular formula is C14H20O2. The lowest BCUT2D eigenvalue weighted by Gasteiger charge is -2.10. The van der Waals surface area contributed by atoms with Gasteiger partial charge in [-0.2, -0.15) is 0 Å². The lowest BCUT2D eigenvalue weighted by atomic mass is 9.99. The molecule has 0 heterocycles. The van der Waals surface area contributed by atoms with Crippen molar-refractivity contribution >= 4 is 6.08 Å². The van der Waals surface area contributed by atoms with Crippen LogP contribution in [-0.4, -0.2) is 18.8 Å². The molecule has 16 heavy (non-hydrogen) atoms. The maximum atomic E-state index is 9.28. The Hall–Kier alpha value is -1.12. The summed E-state index contributed by atoms with van der Waals surface area (Å²) in [5.41, 5.74) is 3.32.